The van der Waals surface area contributed by atoms with Crippen molar-refractivity contribution in [3.63, 3.8) is 0 Å². The number of hydrogen-bond acceptors (Lipinski definition) is 2. The molecule has 3 aromatic rings. The topological polar surface area (TPSA) is 29.1 Å². The maximum atomic E-state index is 12.7. The Morgan fingerprint density at radius 2 is 1.43 bits per heavy atom. The van der Waals surface area contributed by atoms with E-state index in [0.717, 1.165) is 17.7 Å². The average molecular weight is 390 g/mol. The lowest BCUT2D eigenvalue weighted by molar-refractivity contribution is 0.0935. The van der Waals surface area contributed by atoms with Crippen LogP contribution in [0.5, 0.6) is 0 Å². The summed E-state index contributed by atoms with van der Waals surface area (Å²) >= 11 is 1.81. The van der Waals surface area contributed by atoms with E-state index in [1.807, 2.05) is 36.0 Å². The molecule has 3 heteroatoms. The Morgan fingerprint density at radius 3 is 2.00 bits per heavy atom. The normalized spacial score (nSPS) is 11.8. The van der Waals surface area contributed by atoms with Gasteiger partial charge in [-0.25, -0.2) is 0 Å². The minimum atomic E-state index is -0.0230. The van der Waals surface area contributed by atoms with Gasteiger partial charge in [-0.3, -0.25) is 4.79 Å². The van der Waals surface area contributed by atoms with Gasteiger partial charge < -0.3 is 5.32 Å². The first-order valence-electron chi connectivity index (χ1n) is 9.71. The molecule has 1 amide bonds. The fourth-order valence-electron chi connectivity index (χ4n) is 3.01. The molecule has 0 fully saturated rings. The minimum Gasteiger partial charge on any atom is -0.345 e. The number of benzene rings is 3. The molecule has 0 spiro atoms. The third-order valence-electron chi connectivity index (χ3n) is 4.84. The highest BCUT2D eigenvalue weighted by Gasteiger charge is 2.14. The van der Waals surface area contributed by atoms with Crippen molar-refractivity contribution in [3.8, 4) is 0 Å². The van der Waals surface area contributed by atoms with Crippen LogP contribution in [0.3, 0.4) is 0 Å². The molecular weight excluding hydrogens is 362 g/mol. The number of carbonyl (C=O) groups is 1. The standard InChI is InChI=1S/C25H27NOS/c1-4-24(21-11-5-18(2)6-12-21)26-25(27)22-13-9-20(10-14-22)17-28-23-15-7-19(3)8-16-23/h5-16,24H,4,17H2,1-3H3,(H,26,27)/t24-/m0/s1. The number of nitrogens with one attached hydrogen (secondary N) is 1. The highest BCUT2D eigenvalue weighted by molar-refractivity contribution is 7.98. The number of amides is 1. The molecule has 0 bridgehead atoms. The van der Waals surface area contributed by atoms with Crippen molar-refractivity contribution in [2.45, 2.75) is 43.9 Å². The number of hydrogen-bond donors (Lipinski definition) is 1. The largest absolute Gasteiger partial charge is 0.345 e. The fourth-order valence-corrected chi connectivity index (χ4v) is 3.87. The van der Waals surface area contributed by atoms with E-state index >= 15 is 0 Å². The second-order valence-corrected chi connectivity index (χ2v) is 8.19. The Morgan fingerprint density at radius 1 is 0.857 bits per heavy atom. The molecule has 0 aliphatic rings. The Balaban J connectivity index is 1.59. The lowest BCUT2D eigenvalue weighted by Gasteiger charge is -2.18. The number of carbonyl (C=O) groups excluding carboxylic acids is 1. The van der Waals surface area contributed by atoms with E-state index in [-0.39, 0.29) is 11.9 Å². The van der Waals surface area contributed by atoms with Crippen molar-refractivity contribution >= 4 is 17.7 Å². The highest BCUT2D eigenvalue weighted by Crippen LogP contribution is 2.23. The van der Waals surface area contributed by atoms with Crippen molar-refractivity contribution < 1.29 is 4.79 Å². The molecule has 0 saturated carbocycles. The Hall–Kier alpha value is -2.52. The van der Waals surface area contributed by atoms with Crippen LogP contribution in [0.4, 0.5) is 0 Å². The predicted molar refractivity (Wildman–Crippen MR) is 119 cm³/mol. The molecule has 0 unspecified atom stereocenters. The highest BCUT2D eigenvalue weighted by atomic mass is 32.2. The molecule has 0 aliphatic heterocycles. The van der Waals surface area contributed by atoms with E-state index in [1.165, 1.54) is 21.6 Å². The summed E-state index contributed by atoms with van der Waals surface area (Å²) in [6, 6.07) is 24.9. The maximum absolute atomic E-state index is 12.7. The van der Waals surface area contributed by atoms with Crippen LogP contribution in [0.25, 0.3) is 0 Å². The van der Waals surface area contributed by atoms with Crippen molar-refractivity contribution in [2.24, 2.45) is 0 Å². The van der Waals surface area contributed by atoms with E-state index in [4.69, 9.17) is 0 Å². The van der Waals surface area contributed by atoms with E-state index in [1.54, 1.807) is 0 Å². The van der Waals surface area contributed by atoms with Crippen LogP contribution in [0.1, 0.15) is 52.0 Å². The molecule has 0 radical (unpaired) electrons. The lowest BCUT2D eigenvalue weighted by Crippen LogP contribution is -2.28. The molecular formula is C25H27NOS. The summed E-state index contributed by atoms with van der Waals surface area (Å²) in [6.07, 6.45) is 0.861. The smallest absolute Gasteiger partial charge is 0.251 e. The molecule has 0 aliphatic carbocycles. The summed E-state index contributed by atoms with van der Waals surface area (Å²) in [5.41, 5.74) is 5.56. The molecule has 2 nitrogen and oxygen atoms in total. The van der Waals surface area contributed by atoms with Gasteiger partial charge in [0, 0.05) is 16.2 Å². The average Bonchev–Trinajstić information content (AvgIpc) is 2.72. The van der Waals surface area contributed by atoms with Crippen molar-refractivity contribution in [2.75, 3.05) is 0 Å². The number of thioether (sulfide) groups is 1. The first-order chi connectivity index (χ1) is 13.5. The second-order valence-electron chi connectivity index (χ2n) is 7.14. The summed E-state index contributed by atoms with van der Waals surface area (Å²) in [5, 5.41) is 3.16. The zero-order valence-corrected chi connectivity index (χ0v) is 17.6. The zero-order chi connectivity index (χ0) is 19.9. The van der Waals surface area contributed by atoms with E-state index in [2.05, 4.69) is 74.6 Å². The lowest BCUT2D eigenvalue weighted by atomic mass is 10.0. The predicted octanol–water partition coefficient (Wildman–Crippen LogP) is 6.48. The molecule has 0 heterocycles. The van der Waals surface area contributed by atoms with Crippen molar-refractivity contribution in [1.29, 1.82) is 0 Å². The maximum Gasteiger partial charge on any atom is 0.251 e. The molecule has 1 N–H and O–H groups in total. The number of aryl methyl sites for hydroxylation is 2. The van der Waals surface area contributed by atoms with Gasteiger partial charge in [-0.15, -0.1) is 11.8 Å². The monoisotopic (exact) mass is 389 g/mol. The van der Waals surface area contributed by atoms with Gasteiger partial charge >= 0.3 is 0 Å². The van der Waals surface area contributed by atoms with E-state index in [9.17, 15) is 4.79 Å². The molecule has 3 aromatic carbocycles. The molecule has 144 valence electrons. The van der Waals surface area contributed by atoms with Crippen LogP contribution in [0.2, 0.25) is 0 Å². The van der Waals surface area contributed by atoms with Crippen LogP contribution in [-0.2, 0) is 5.75 Å². The summed E-state index contributed by atoms with van der Waals surface area (Å²) in [4.78, 5) is 13.9. The van der Waals surface area contributed by atoms with Crippen molar-refractivity contribution in [1.82, 2.24) is 5.32 Å². The number of rotatable bonds is 7. The SMILES string of the molecule is CC[C@H](NC(=O)c1ccc(CSc2ccc(C)cc2)cc1)c1ccc(C)cc1. The van der Waals surface area contributed by atoms with Gasteiger partial charge in [0.2, 0.25) is 0 Å². The summed E-state index contributed by atoms with van der Waals surface area (Å²) in [6.45, 7) is 6.26. The Bertz CT molecular complexity index is 899. The van der Waals surface area contributed by atoms with Gasteiger partial charge in [0.25, 0.3) is 5.91 Å². The first kappa shape index (κ1) is 20.2. The van der Waals surface area contributed by atoms with Gasteiger partial charge in [-0.2, -0.15) is 0 Å². The van der Waals surface area contributed by atoms with Crippen LogP contribution < -0.4 is 5.32 Å². The van der Waals surface area contributed by atoms with Crippen LogP contribution in [0, 0.1) is 13.8 Å². The zero-order valence-electron chi connectivity index (χ0n) is 16.7. The fraction of sp³-hybridized carbons (Fsp3) is 0.240. The molecule has 0 saturated heterocycles. The molecule has 0 aromatic heterocycles. The summed E-state index contributed by atoms with van der Waals surface area (Å²) < 4.78 is 0. The Labute approximate surface area is 172 Å². The third kappa shape index (κ3) is 5.49. The van der Waals surface area contributed by atoms with Crippen molar-refractivity contribution in [3.05, 3.63) is 101 Å². The van der Waals surface area contributed by atoms with E-state index in [0.29, 0.717) is 5.56 Å². The molecule has 28 heavy (non-hydrogen) atoms. The van der Waals surface area contributed by atoms with Crippen LogP contribution >= 0.6 is 11.8 Å². The van der Waals surface area contributed by atoms with Crippen LogP contribution in [-0.4, -0.2) is 5.91 Å². The Kier molecular flexibility index (Phi) is 6.94. The first-order valence-corrected chi connectivity index (χ1v) is 10.7. The molecule has 1 atom stereocenters. The molecule has 3 rings (SSSR count). The quantitative estimate of drug-likeness (QED) is 0.469. The van der Waals surface area contributed by atoms with Gasteiger partial charge in [0.1, 0.15) is 0 Å². The summed E-state index contributed by atoms with van der Waals surface area (Å²) in [5.74, 6) is 0.872. The summed E-state index contributed by atoms with van der Waals surface area (Å²) in [7, 11) is 0. The van der Waals surface area contributed by atoms with Crippen LogP contribution in [0.15, 0.2) is 77.7 Å². The van der Waals surface area contributed by atoms with Gasteiger partial charge in [0.05, 0.1) is 6.04 Å². The van der Waals surface area contributed by atoms with Gasteiger partial charge in [-0.1, -0.05) is 66.6 Å². The third-order valence-corrected chi connectivity index (χ3v) is 5.92. The minimum absolute atomic E-state index is 0.0230. The van der Waals surface area contributed by atoms with Gasteiger partial charge in [-0.05, 0) is 55.7 Å². The van der Waals surface area contributed by atoms with E-state index < -0.39 is 0 Å². The second kappa shape index (κ2) is 9.61. The van der Waals surface area contributed by atoms with Gasteiger partial charge in [0.15, 0.2) is 0 Å².